The molecular weight excluding hydrogens is 733 g/mol. The fourth-order valence-corrected chi connectivity index (χ4v) is 6.61. The first-order valence-corrected chi connectivity index (χ1v) is 20.6. The lowest BCUT2D eigenvalue weighted by Crippen LogP contribution is -2.25. The van der Waals surface area contributed by atoms with E-state index in [0.29, 0.717) is 34.4 Å². The van der Waals surface area contributed by atoms with E-state index in [1.807, 2.05) is 60.7 Å². The fraction of sp³-hybridized carbons (Fsp3) is 0.542. The Kier molecular flexibility index (Phi) is 24.1. The van der Waals surface area contributed by atoms with Crippen LogP contribution in [0.3, 0.4) is 0 Å². The molecule has 322 valence electrons. The molecule has 0 aromatic heterocycles. The number of carbonyl (C=O) groups is 4. The minimum absolute atomic E-state index is 0.0524. The summed E-state index contributed by atoms with van der Waals surface area (Å²) in [5, 5.41) is 19.9. The van der Waals surface area contributed by atoms with Crippen molar-refractivity contribution in [1.82, 2.24) is 10.1 Å². The average Bonchev–Trinajstić information content (AvgIpc) is 3.17. The Morgan fingerprint density at radius 3 is 1.09 bits per heavy atom. The van der Waals surface area contributed by atoms with Gasteiger partial charge in [-0.25, -0.2) is 14.9 Å². The van der Waals surface area contributed by atoms with Gasteiger partial charge in [0.15, 0.2) is 0 Å². The summed E-state index contributed by atoms with van der Waals surface area (Å²) < 4.78 is 0. The monoisotopic (exact) mass is 805 g/mol. The van der Waals surface area contributed by atoms with Crippen LogP contribution >= 0.6 is 0 Å². The molecule has 3 aromatic rings. The van der Waals surface area contributed by atoms with E-state index in [4.69, 9.17) is 19.9 Å². The van der Waals surface area contributed by atoms with Crippen LogP contribution in [0.25, 0.3) is 0 Å². The minimum atomic E-state index is -0.865. The molecule has 10 heteroatoms. The second kappa shape index (κ2) is 27.2. The first-order valence-electron chi connectivity index (χ1n) is 20.6. The molecule has 0 atom stereocenters. The van der Waals surface area contributed by atoms with Gasteiger partial charge in [-0.1, -0.05) is 91.8 Å². The van der Waals surface area contributed by atoms with Gasteiger partial charge in [-0.05, 0) is 134 Å². The summed E-state index contributed by atoms with van der Waals surface area (Å²) in [7, 11) is 6.16. The number of hydroxylamine groups is 4. The molecule has 0 heterocycles. The molecule has 4 rings (SSSR count). The van der Waals surface area contributed by atoms with Gasteiger partial charge in [-0.2, -0.15) is 0 Å². The van der Waals surface area contributed by atoms with Crippen LogP contribution in [-0.2, 0) is 33.7 Å². The van der Waals surface area contributed by atoms with E-state index in [-0.39, 0.29) is 17.7 Å². The highest BCUT2D eigenvalue weighted by atomic mass is 16.7. The van der Waals surface area contributed by atoms with Gasteiger partial charge in [-0.15, -0.1) is 0 Å². The summed E-state index contributed by atoms with van der Waals surface area (Å²) in [5.74, 6) is 1.64. The van der Waals surface area contributed by atoms with E-state index in [1.54, 1.807) is 26.2 Å². The van der Waals surface area contributed by atoms with Crippen molar-refractivity contribution in [1.29, 1.82) is 0 Å². The number of nitrogens with zero attached hydrogens (tertiary/aromatic N) is 2. The minimum Gasteiger partial charge on any atom is -0.481 e. The normalized spacial score (nSPS) is 14.7. The lowest BCUT2D eigenvalue weighted by Gasteiger charge is -2.27. The first-order chi connectivity index (χ1) is 27.3. The maximum atomic E-state index is 11.7. The van der Waals surface area contributed by atoms with Gasteiger partial charge >= 0.3 is 11.9 Å². The Bertz CT molecular complexity index is 1550. The molecule has 58 heavy (non-hydrogen) atoms. The van der Waals surface area contributed by atoms with Crippen LogP contribution in [0.15, 0.2) is 72.8 Å². The van der Waals surface area contributed by atoms with Crippen molar-refractivity contribution in [3.05, 3.63) is 106 Å². The lowest BCUT2D eigenvalue weighted by atomic mass is 9.78. The quantitative estimate of drug-likeness (QED) is 0.154. The zero-order valence-corrected chi connectivity index (χ0v) is 37.3. The van der Waals surface area contributed by atoms with Crippen molar-refractivity contribution in [2.24, 2.45) is 35.5 Å². The Morgan fingerprint density at radius 1 is 0.534 bits per heavy atom. The molecule has 0 radical (unpaired) electrons. The standard InChI is InChI=1S/2C13H19NO2.C11H20O2.C11H14O2/c2*1-10(2)9-11-5-7-12(8-6-11)13(15)14(3)16-4;2*1-8(2)7-9-3-5-10(6-4-9)11(12)13/h2*5-8,10H,9H2,1-4H3;8-10H,3-7H2,1-2H3,(H,12,13);3-6,8H,7H2,1-2H3,(H,12,13). The number of benzene rings is 3. The van der Waals surface area contributed by atoms with E-state index in [1.165, 1.54) is 47.5 Å². The zero-order chi connectivity index (χ0) is 43.9. The van der Waals surface area contributed by atoms with E-state index in [2.05, 4.69) is 55.4 Å². The van der Waals surface area contributed by atoms with Crippen molar-refractivity contribution in [2.75, 3.05) is 28.3 Å². The second-order valence-electron chi connectivity index (χ2n) is 16.8. The third-order valence-electron chi connectivity index (χ3n) is 9.65. The highest BCUT2D eigenvalue weighted by Gasteiger charge is 2.26. The molecule has 1 aliphatic carbocycles. The number of aliphatic carboxylic acids is 1. The summed E-state index contributed by atoms with van der Waals surface area (Å²) in [6, 6.07) is 22.4. The molecule has 10 nitrogen and oxygen atoms in total. The number of amides is 2. The van der Waals surface area contributed by atoms with Gasteiger partial charge < -0.3 is 10.2 Å². The number of carbonyl (C=O) groups excluding carboxylic acids is 2. The number of hydrogen-bond donors (Lipinski definition) is 2. The molecule has 2 amide bonds. The predicted molar refractivity (Wildman–Crippen MR) is 233 cm³/mol. The Morgan fingerprint density at radius 2 is 0.845 bits per heavy atom. The summed E-state index contributed by atoms with van der Waals surface area (Å²) in [6.45, 7) is 17.5. The number of aromatic carboxylic acids is 1. The van der Waals surface area contributed by atoms with Gasteiger partial charge in [0.25, 0.3) is 11.8 Å². The predicted octanol–water partition coefficient (Wildman–Crippen LogP) is 10.5. The maximum absolute atomic E-state index is 11.7. The Labute approximate surface area is 348 Å². The topological polar surface area (TPSA) is 134 Å². The zero-order valence-electron chi connectivity index (χ0n) is 37.3. The van der Waals surface area contributed by atoms with Crippen LogP contribution in [0.2, 0.25) is 0 Å². The second-order valence-corrected chi connectivity index (χ2v) is 16.8. The lowest BCUT2D eigenvalue weighted by molar-refractivity contribution is -0.143. The van der Waals surface area contributed by atoms with Crippen LogP contribution < -0.4 is 0 Å². The molecule has 1 aliphatic rings. The third-order valence-corrected chi connectivity index (χ3v) is 9.65. The third kappa shape index (κ3) is 20.8. The molecule has 2 N–H and O–H groups in total. The smallest absolute Gasteiger partial charge is 0.335 e. The number of carboxylic acid groups (broad SMARTS) is 2. The number of hydrogen-bond acceptors (Lipinski definition) is 6. The van der Waals surface area contributed by atoms with Gasteiger partial charge in [-0.3, -0.25) is 24.1 Å². The van der Waals surface area contributed by atoms with E-state index in [9.17, 15) is 19.2 Å². The molecule has 0 saturated heterocycles. The molecular formula is C48H72N2O8. The molecule has 0 aliphatic heterocycles. The van der Waals surface area contributed by atoms with E-state index < -0.39 is 11.9 Å². The maximum Gasteiger partial charge on any atom is 0.335 e. The molecule has 3 aromatic carbocycles. The van der Waals surface area contributed by atoms with Gasteiger partial charge in [0.05, 0.1) is 25.7 Å². The molecule has 0 unspecified atom stereocenters. The first kappa shape index (κ1) is 51.5. The van der Waals surface area contributed by atoms with Gasteiger partial charge in [0.1, 0.15) is 0 Å². The van der Waals surface area contributed by atoms with Crippen LogP contribution in [-0.4, -0.2) is 72.4 Å². The summed E-state index contributed by atoms with van der Waals surface area (Å²) in [6.07, 6.45) is 8.37. The molecule has 1 saturated carbocycles. The Hall–Kier alpha value is -4.54. The van der Waals surface area contributed by atoms with Crippen LogP contribution in [0.1, 0.15) is 135 Å². The van der Waals surface area contributed by atoms with Gasteiger partial charge in [0, 0.05) is 25.2 Å². The van der Waals surface area contributed by atoms with E-state index >= 15 is 0 Å². The largest absolute Gasteiger partial charge is 0.481 e. The van der Waals surface area contributed by atoms with Crippen molar-refractivity contribution >= 4 is 23.8 Å². The van der Waals surface area contributed by atoms with Crippen molar-refractivity contribution in [3.8, 4) is 0 Å². The van der Waals surface area contributed by atoms with Crippen molar-refractivity contribution < 1.29 is 39.1 Å². The van der Waals surface area contributed by atoms with E-state index in [0.717, 1.165) is 56.8 Å². The van der Waals surface area contributed by atoms with Crippen LogP contribution in [0, 0.1) is 35.5 Å². The Balaban J connectivity index is 0.000000389. The number of rotatable bonds is 14. The summed E-state index contributed by atoms with van der Waals surface area (Å²) in [5.41, 5.74) is 5.36. The van der Waals surface area contributed by atoms with Crippen molar-refractivity contribution in [3.63, 3.8) is 0 Å². The number of carboxylic acids is 2. The average molecular weight is 805 g/mol. The molecule has 1 fully saturated rings. The van der Waals surface area contributed by atoms with Crippen LogP contribution in [0.5, 0.6) is 0 Å². The molecule has 0 bridgehead atoms. The highest BCUT2D eigenvalue weighted by Crippen LogP contribution is 2.32. The summed E-state index contributed by atoms with van der Waals surface area (Å²) >= 11 is 0. The fourth-order valence-electron chi connectivity index (χ4n) is 6.61. The highest BCUT2D eigenvalue weighted by molar-refractivity contribution is 5.93. The van der Waals surface area contributed by atoms with Gasteiger partial charge in [0.2, 0.25) is 0 Å². The SMILES string of the molecule is CC(C)CC1CCC(C(=O)O)CC1.CC(C)Cc1ccc(C(=O)O)cc1.CON(C)C(=O)c1ccc(CC(C)C)cc1.CON(C)C(=O)c1ccc(CC(C)C)cc1. The summed E-state index contributed by atoms with van der Waals surface area (Å²) in [4.78, 5) is 54.3. The molecule has 0 spiro atoms. The van der Waals surface area contributed by atoms with Crippen LogP contribution in [0.4, 0.5) is 0 Å². The van der Waals surface area contributed by atoms with Crippen molar-refractivity contribution in [2.45, 2.75) is 107 Å².